The van der Waals surface area contributed by atoms with Gasteiger partial charge in [0.1, 0.15) is 0 Å². The second-order valence-corrected chi connectivity index (χ2v) is 7.09. The lowest BCUT2D eigenvalue weighted by molar-refractivity contribution is 0.00450. The van der Waals surface area contributed by atoms with Gasteiger partial charge in [-0.2, -0.15) is 4.31 Å². The van der Waals surface area contributed by atoms with E-state index in [4.69, 9.17) is 10.5 Å². The van der Waals surface area contributed by atoms with Gasteiger partial charge < -0.3 is 10.5 Å². The maximum atomic E-state index is 12.5. The summed E-state index contributed by atoms with van der Waals surface area (Å²) < 4.78 is 31.9. The first kappa shape index (κ1) is 17.7. The minimum Gasteiger partial charge on any atom is -0.374 e. The predicted octanol–water partition coefficient (Wildman–Crippen LogP) is 1.18. The van der Waals surface area contributed by atoms with Crippen molar-refractivity contribution in [3.8, 4) is 0 Å². The van der Waals surface area contributed by atoms with Crippen molar-refractivity contribution in [3.05, 3.63) is 24.3 Å². The summed E-state index contributed by atoms with van der Waals surface area (Å²) in [5.41, 5.74) is 5.54. The number of hydrogen-bond donors (Lipinski definition) is 1. The molecule has 0 aliphatic carbocycles. The van der Waals surface area contributed by atoms with Gasteiger partial charge in [0.05, 0.1) is 17.6 Å². The largest absolute Gasteiger partial charge is 0.374 e. The van der Waals surface area contributed by atoms with Gasteiger partial charge in [-0.05, 0) is 24.5 Å². The average Bonchev–Trinajstić information content (AvgIpc) is 2.47. The normalized spacial score (nSPS) is 20.4. The summed E-state index contributed by atoms with van der Waals surface area (Å²) in [6.07, 6.45) is 1.71. The molecule has 114 valence electrons. The summed E-state index contributed by atoms with van der Waals surface area (Å²) in [4.78, 5) is 1.27. The highest BCUT2D eigenvalue weighted by Crippen LogP contribution is 2.23. The fourth-order valence-electron chi connectivity index (χ4n) is 1.96. The molecule has 2 rings (SSSR count). The molecule has 1 aromatic rings. The van der Waals surface area contributed by atoms with Crippen molar-refractivity contribution in [2.24, 2.45) is 5.73 Å². The quantitative estimate of drug-likeness (QED) is 0.834. The zero-order chi connectivity index (χ0) is 13.9. The maximum Gasteiger partial charge on any atom is 0.243 e. The van der Waals surface area contributed by atoms with E-state index < -0.39 is 10.0 Å². The molecule has 1 saturated heterocycles. The minimum absolute atomic E-state index is 0. The van der Waals surface area contributed by atoms with Crippen LogP contribution in [0.1, 0.15) is 0 Å². The zero-order valence-electron chi connectivity index (χ0n) is 11.2. The molecule has 0 aromatic heterocycles. The number of thioether (sulfide) groups is 1. The van der Waals surface area contributed by atoms with Gasteiger partial charge in [-0.15, -0.1) is 24.2 Å². The lowest BCUT2D eigenvalue weighted by atomic mass is 10.3. The van der Waals surface area contributed by atoms with Crippen molar-refractivity contribution >= 4 is 34.2 Å². The minimum atomic E-state index is -3.45. The summed E-state index contributed by atoms with van der Waals surface area (Å²) in [5, 5.41) is 0. The molecular formula is C12H19ClN2O3S2. The van der Waals surface area contributed by atoms with E-state index in [1.54, 1.807) is 18.2 Å². The number of benzene rings is 1. The van der Waals surface area contributed by atoms with E-state index in [0.717, 1.165) is 4.90 Å². The molecule has 8 heteroatoms. The van der Waals surface area contributed by atoms with Crippen LogP contribution in [0.3, 0.4) is 0 Å². The van der Waals surface area contributed by atoms with Gasteiger partial charge in [0.2, 0.25) is 10.0 Å². The molecule has 1 aliphatic heterocycles. The Bertz CT molecular complexity index is 539. The van der Waals surface area contributed by atoms with Crippen LogP contribution in [-0.2, 0) is 14.8 Å². The van der Waals surface area contributed by atoms with Crippen LogP contribution in [0.4, 0.5) is 0 Å². The SMILES string of the molecule is CSc1cccc(S(=O)(=O)N2CCOC(CN)C2)c1.Cl. The molecule has 0 radical (unpaired) electrons. The molecule has 1 aromatic carbocycles. The first-order chi connectivity index (χ1) is 9.07. The zero-order valence-corrected chi connectivity index (χ0v) is 13.6. The molecule has 1 atom stereocenters. The Labute approximate surface area is 130 Å². The van der Waals surface area contributed by atoms with Crippen molar-refractivity contribution in [2.45, 2.75) is 15.9 Å². The van der Waals surface area contributed by atoms with Crippen LogP contribution >= 0.6 is 24.2 Å². The van der Waals surface area contributed by atoms with E-state index >= 15 is 0 Å². The van der Waals surface area contributed by atoms with Crippen molar-refractivity contribution < 1.29 is 13.2 Å². The molecule has 5 nitrogen and oxygen atoms in total. The Morgan fingerprint density at radius 3 is 2.90 bits per heavy atom. The lowest BCUT2D eigenvalue weighted by Gasteiger charge is -2.31. The number of nitrogens with two attached hydrogens (primary N) is 1. The first-order valence-corrected chi connectivity index (χ1v) is 8.70. The number of ether oxygens (including phenoxy) is 1. The molecule has 0 saturated carbocycles. The fraction of sp³-hybridized carbons (Fsp3) is 0.500. The maximum absolute atomic E-state index is 12.5. The molecular weight excluding hydrogens is 320 g/mol. The number of rotatable bonds is 4. The van der Waals surface area contributed by atoms with Crippen LogP contribution in [-0.4, -0.2) is 51.3 Å². The Morgan fingerprint density at radius 2 is 2.25 bits per heavy atom. The molecule has 0 spiro atoms. The van der Waals surface area contributed by atoms with Crippen LogP contribution in [0.2, 0.25) is 0 Å². The van der Waals surface area contributed by atoms with Crippen molar-refractivity contribution in [1.29, 1.82) is 0 Å². The third-order valence-corrected chi connectivity index (χ3v) is 5.63. The second-order valence-electron chi connectivity index (χ2n) is 4.27. The van der Waals surface area contributed by atoms with E-state index in [0.29, 0.717) is 31.1 Å². The monoisotopic (exact) mass is 338 g/mol. The van der Waals surface area contributed by atoms with E-state index in [9.17, 15) is 8.42 Å². The molecule has 2 N–H and O–H groups in total. The van der Waals surface area contributed by atoms with Gasteiger partial charge in [0.15, 0.2) is 0 Å². The molecule has 0 bridgehead atoms. The number of morpholine rings is 1. The second kappa shape index (κ2) is 7.63. The van der Waals surface area contributed by atoms with Crippen molar-refractivity contribution in [2.75, 3.05) is 32.5 Å². The summed E-state index contributed by atoms with van der Waals surface area (Å²) in [6.45, 7) is 1.42. The number of halogens is 1. The van der Waals surface area contributed by atoms with Crippen molar-refractivity contribution in [3.63, 3.8) is 0 Å². The van der Waals surface area contributed by atoms with Crippen LogP contribution in [0, 0.1) is 0 Å². The van der Waals surface area contributed by atoms with Gasteiger partial charge in [0.25, 0.3) is 0 Å². The average molecular weight is 339 g/mol. The smallest absolute Gasteiger partial charge is 0.243 e. The van der Waals surface area contributed by atoms with Gasteiger partial charge in [-0.3, -0.25) is 0 Å². The summed E-state index contributed by atoms with van der Waals surface area (Å²) in [7, 11) is -3.45. The van der Waals surface area contributed by atoms with Crippen LogP contribution in [0.15, 0.2) is 34.1 Å². The number of sulfonamides is 1. The Hall–Kier alpha value is -0.310. The van der Waals surface area contributed by atoms with Crippen LogP contribution in [0.25, 0.3) is 0 Å². The number of hydrogen-bond acceptors (Lipinski definition) is 5. The molecule has 20 heavy (non-hydrogen) atoms. The molecule has 1 heterocycles. The highest BCUT2D eigenvalue weighted by Gasteiger charge is 2.30. The molecule has 0 amide bonds. The van der Waals surface area contributed by atoms with E-state index in [1.807, 2.05) is 12.3 Å². The summed E-state index contributed by atoms with van der Waals surface area (Å²) in [5.74, 6) is 0. The Balaban J connectivity index is 0.00000200. The molecule has 1 aliphatic rings. The molecule has 1 fully saturated rings. The fourth-order valence-corrected chi connectivity index (χ4v) is 4.00. The summed E-state index contributed by atoms with van der Waals surface area (Å²) >= 11 is 1.52. The van der Waals surface area contributed by atoms with Gasteiger partial charge in [0, 0.05) is 24.5 Å². The molecule has 1 unspecified atom stereocenters. The third kappa shape index (κ3) is 3.87. The summed E-state index contributed by atoms with van der Waals surface area (Å²) in [6, 6.07) is 6.99. The highest BCUT2D eigenvalue weighted by molar-refractivity contribution is 7.98. The van der Waals surface area contributed by atoms with E-state index in [2.05, 4.69) is 0 Å². The van der Waals surface area contributed by atoms with Gasteiger partial charge in [-0.1, -0.05) is 6.07 Å². The Kier molecular flexibility index (Phi) is 6.77. The van der Waals surface area contributed by atoms with Crippen LogP contribution < -0.4 is 5.73 Å². The van der Waals surface area contributed by atoms with Crippen LogP contribution in [0.5, 0.6) is 0 Å². The third-order valence-electron chi connectivity index (χ3n) is 3.04. The first-order valence-electron chi connectivity index (χ1n) is 6.04. The van der Waals surface area contributed by atoms with E-state index in [1.165, 1.54) is 16.1 Å². The van der Waals surface area contributed by atoms with Gasteiger partial charge >= 0.3 is 0 Å². The van der Waals surface area contributed by atoms with Gasteiger partial charge in [-0.25, -0.2) is 8.42 Å². The standard InChI is InChI=1S/C12H18N2O3S2.ClH/c1-18-11-3-2-4-12(7-11)19(15,16)14-5-6-17-10(8-13)9-14;/h2-4,7,10H,5-6,8-9,13H2,1H3;1H. The predicted molar refractivity (Wildman–Crippen MR) is 83.0 cm³/mol. The topological polar surface area (TPSA) is 72.6 Å². The van der Waals surface area contributed by atoms with E-state index in [-0.39, 0.29) is 18.5 Å². The lowest BCUT2D eigenvalue weighted by Crippen LogP contribution is -2.48. The Morgan fingerprint density at radius 1 is 1.50 bits per heavy atom. The highest BCUT2D eigenvalue weighted by atomic mass is 35.5. The van der Waals surface area contributed by atoms with Crippen molar-refractivity contribution in [1.82, 2.24) is 4.31 Å². The number of nitrogens with zero attached hydrogens (tertiary/aromatic N) is 1.